The maximum atomic E-state index is 4.57. The summed E-state index contributed by atoms with van der Waals surface area (Å²) in [6.45, 7) is 4.25. The van der Waals surface area contributed by atoms with Crippen molar-refractivity contribution in [2.45, 2.75) is 12.5 Å². The highest BCUT2D eigenvalue weighted by atomic mass is 15.2. The Bertz CT molecular complexity index is 467. The van der Waals surface area contributed by atoms with Crippen molar-refractivity contribution in [3.63, 3.8) is 0 Å². The normalized spacial score (nSPS) is 18.4. The summed E-state index contributed by atoms with van der Waals surface area (Å²) < 4.78 is 0. The van der Waals surface area contributed by atoms with Crippen LogP contribution in [0.2, 0.25) is 0 Å². The molecule has 4 nitrogen and oxygen atoms in total. The molecule has 3 rings (SSSR count). The number of nitrogens with zero attached hydrogens (tertiary/aromatic N) is 3. The van der Waals surface area contributed by atoms with E-state index in [0.717, 1.165) is 31.9 Å². The Morgan fingerprint density at radius 2 is 2.05 bits per heavy atom. The predicted molar refractivity (Wildman–Crippen MR) is 79.4 cm³/mol. The molecule has 2 aromatic rings. The lowest BCUT2D eigenvalue weighted by molar-refractivity contribution is 0.237. The summed E-state index contributed by atoms with van der Waals surface area (Å²) in [7, 11) is 0. The highest BCUT2D eigenvalue weighted by Gasteiger charge is 2.24. The maximum absolute atomic E-state index is 4.57. The molecule has 0 saturated carbocycles. The van der Waals surface area contributed by atoms with Gasteiger partial charge in [-0.2, -0.15) is 0 Å². The Morgan fingerprint density at radius 1 is 1.05 bits per heavy atom. The minimum Gasteiger partial charge on any atom is -0.315 e. The Labute approximate surface area is 119 Å². The van der Waals surface area contributed by atoms with Crippen LogP contribution in [0.1, 0.15) is 23.7 Å². The van der Waals surface area contributed by atoms with Gasteiger partial charge in [0, 0.05) is 38.2 Å². The molecule has 1 fully saturated rings. The Hall–Kier alpha value is -1.78. The molecule has 1 aliphatic rings. The van der Waals surface area contributed by atoms with Crippen molar-refractivity contribution in [2.75, 3.05) is 26.2 Å². The van der Waals surface area contributed by atoms with E-state index in [4.69, 9.17) is 0 Å². The largest absolute Gasteiger partial charge is 0.315 e. The molecule has 1 aliphatic heterocycles. The van der Waals surface area contributed by atoms with E-state index in [-0.39, 0.29) is 6.04 Å². The van der Waals surface area contributed by atoms with Crippen molar-refractivity contribution < 1.29 is 0 Å². The summed E-state index contributed by atoms with van der Waals surface area (Å²) in [5, 5.41) is 3.46. The summed E-state index contributed by atoms with van der Waals surface area (Å²) in [5.41, 5.74) is 2.32. The van der Waals surface area contributed by atoms with Gasteiger partial charge in [0.05, 0.1) is 11.7 Å². The molecule has 0 radical (unpaired) electrons. The van der Waals surface area contributed by atoms with E-state index in [1.807, 2.05) is 30.7 Å². The van der Waals surface area contributed by atoms with Crippen LogP contribution >= 0.6 is 0 Å². The summed E-state index contributed by atoms with van der Waals surface area (Å²) >= 11 is 0. The number of nitrogens with one attached hydrogen (secondary N) is 1. The third-order valence-corrected chi connectivity index (χ3v) is 3.71. The smallest absolute Gasteiger partial charge is 0.0791 e. The molecule has 0 spiro atoms. The molecule has 3 heterocycles. The quantitative estimate of drug-likeness (QED) is 0.922. The predicted octanol–water partition coefficient (Wildman–Crippen LogP) is 1.86. The molecular formula is C16H20N4. The molecule has 0 aliphatic carbocycles. The number of hydrogen-bond acceptors (Lipinski definition) is 4. The first-order valence-electron chi connectivity index (χ1n) is 7.21. The average Bonchev–Trinajstić information content (AvgIpc) is 2.79. The van der Waals surface area contributed by atoms with Crippen LogP contribution in [0.5, 0.6) is 0 Å². The molecule has 1 N–H and O–H groups in total. The van der Waals surface area contributed by atoms with Crippen LogP contribution < -0.4 is 5.32 Å². The van der Waals surface area contributed by atoms with E-state index in [1.165, 1.54) is 12.0 Å². The molecule has 0 amide bonds. The topological polar surface area (TPSA) is 41.1 Å². The number of aromatic nitrogens is 2. The minimum atomic E-state index is 0.199. The van der Waals surface area contributed by atoms with Crippen molar-refractivity contribution in [3.05, 3.63) is 60.2 Å². The zero-order chi connectivity index (χ0) is 13.6. The summed E-state index contributed by atoms with van der Waals surface area (Å²) in [4.78, 5) is 11.4. The van der Waals surface area contributed by atoms with E-state index in [0.29, 0.717) is 0 Å². The first-order valence-corrected chi connectivity index (χ1v) is 7.21. The van der Waals surface area contributed by atoms with Gasteiger partial charge in [0.2, 0.25) is 0 Å². The second-order valence-corrected chi connectivity index (χ2v) is 5.08. The molecule has 0 aromatic carbocycles. The Kier molecular flexibility index (Phi) is 4.35. The van der Waals surface area contributed by atoms with Crippen molar-refractivity contribution >= 4 is 0 Å². The van der Waals surface area contributed by atoms with Gasteiger partial charge in [-0.25, -0.2) is 0 Å². The van der Waals surface area contributed by atoms with E-state index in [1.54, 1.807) is 0 Å². The SMILES string of the molecule is c1ccc(C(c2cccnc2)N2CCCNCC2)nc1. The zero-order valence-corrected chi connectivity index (χ0v) is 11.6. The second kappa shape index (κ2) is 6.59. The van der Waals surface area contributed by atoms with Gasteiger partial charge < -0.3 is 5.32 Å². The molecule has 4 heteroatoms. The average molecular weight is 268 g/mol. The summed E-state index contributed by atoms with van der Waals surface area (Å²) in [5.74, 6) is 0. The fourth-order valence-electron chi connectivity index (χ4n) is 2.77. The molecule has 1 atom stereocenters. The van der Waals surface area contributed by atoms with Gasteiger partial charge in [0.1, 0.15) is 0 Å². The Morgan fingerprint density at radius 3 is 2.85 bits per heavy atom. The van der Waals surface area contributed by atoms with Gasteiger partial charge in [-0.05, 0) is 36.7 Å². The molecule has 2 aromatic heterocycles. The first kappa shape index (κ1) is 13.2. The molecule has 20 heavy (non-hydrogen) atoms. The zero-order valence-electron chi connectivity index (χ0n) is 11.6. The standard InChI is InChI=1S/C16H20N4/c1-2-9-19-15(6-1)16(14-5-3-7-18-13-14)20-11-4-8-17-10-12-20/h1-3,5-7,9,13,16-17H,4,8,10-12H2. The van der Waals surface area contributed by atoms with Crippen LogP contribution in [-0.4, -0.2) is 41.0 Å². The van der Waals surface area contributed by atoms with Crippen LogP contribution in [0, 0.1) is 0 Å². The fourth-order valence-corrected chi connectivity index (χ4v) is 2.77. The van der Waals surface area contributed by atoms with Crippen LogP contribution in [0.3, 0.4) is 0 Å². The number of rotatable bonds is 3. The second-order valence-electron chi connectivity index (χ2n) is 5.08. The van der Waals surface area contributed by atoms with Crippen molar-refractivity contribution in [1.29, 1.82) is 0 Å². The first-order chi connectivity index (χ1) is 9.95. The summed E-state index contributed by atoms with van der Waals surface area (Å²) in [6.07, 6.45) is 6.82. The number of pyridine rings is 2. The minimum absolute atomic E-state index is 0.199. The molecule has 1 unspecified atom stereocenters. The highest BCUT2D eigenvalue weighted by Crippen LogP contribution is 2.26. The summed E-state index contributed by atoms with van der Waals surface area (Å²) in [6, 6.07) is 10.5. The van der Waals surface area contributed by atoms with Crippen LogP contribution in [0.4, 0.5) is 0 Å². The van der Waals surface area contributed by atoms with Crippen molar-refractivity contribution in [2.24, 2.45) is 0 Å². The van der Waals surface area contributed by atoms with Gasteiger partial charge in [0.25, 0.3) is 0 Å². The van der Waals surface area contributed by atoms with E-state index < -0.39 is 0 Å². The third kappa shape index (κ3) is 3.03. The van der Waals surface area contributed by atoms with Crippen molar-refractivity contribution in [1.82, 2.24) is 20.2 Å². The van der Waals surface area contributed by atoms with Crippen LogP contribution in [0.15, 0.2) is 48.9 Å². The molecular weight excluding hydrogens is 248 g/mol. The van der Waals surface area contributed by atoms with Crippen LogP contribution in [-0.2, 0) is 0 Å². The monoisotopic (exact) mass is 268 g/mol. The lowest BCUT2D eigenvalue weighted by Crippen LogP contribution is -2.33. The molecule has 1 saturated heterocycles. The number of hydrogen-bond donors (Lipinski definition) is 1. The van der Waals surface area contributed by atoms with Crippen LogP contribution in [0.25, 0.3) is 0 Å². The van der Waals surface area contributed by atoms with Gasteiger partial charge in [-0.1, -0.05) is 12.1 Å². The van der Waals surface area contributed by atoms with Crippen molar-refractivity contribution in [3.8, 4) is 0 Å². The molecule has 0 bridgehead atoms. The van der Waals surface area contributed by atoms with Gasteiger partial charge in [-0.15, -0.1) is 0 Å². The maximum Gasteiger partial charge on any atom is 0.0791 e. The Balaban J connectivity index is 1.95. The highest BCUT2D eigenvalue weighted by molar-refractivity contribution is 5.25. The van der Waals surface area contributed by atoms with Gasteiger partial charge in [0.15, 0.2) is 0 Å². The van der Waals surface area contributed by atoms with E-state index in [2.05, 4.69) is 38.4 Å². The van der Waals surface area contributed by atoms with E-state index in [9.17, 15) is 0 Å². The van der Waals surface area contributed by atoms with E-state index >= 15 is 0 Å². The molecule has 104 valence electrons. The van der Waals surface area contributed by atoms with Gasteiger partial charge in [-0.3, -0.25) is 14.9 Å². The lowest BCUT2D eigenvalue weighted by atomic mass is 10.0. The van der Waals surface area contributed by atoms with Gasteiger partial charge >= 0.3 is 0 Å². The third-order valence-electron chi connectivity index (χ3n) is 3.71. The fraction of sp³-hybridized carbons (Fsp3) is 0.375. The lowest BCUT2D eigenvalue weighted by Gasteiger charge is -2.30.